The van der Waals surface area contributed by atoms with Gasteiger partial charge in [-0.05, 0) is 50.1 Å². The zero-order chi connectivity index (χ0) is 20.3. The van der Waals surface area contributed by atoms with E-state index >= 15 is 0 Å². The number of nitrogens with zero attached hydrogens (tertiary/aromatic N) is 2. The summed E-state index contributed by atoms with van der Waals surface area (Å²) in [5.74, 6) is -1.21. The molecule has 0 spiro atoms. The number of carboxylic acid groups (broad SMARTS) is 1. The molecule has 3 N–H and O–H groups in total. The molecule has 0 saturated carbocycles. The molecule has 29 heavy (non-hydrogen) atoms. The van der Waals surface area contributed by atoms with E-state index in [1.807, 2.05) is 55.6 Å². The Bertz CT molecular complexity index is 1050. The maximum absolute atomic E-state index is 11.8. The summed E-state index contributed by atoms with van der Waals surface area (Å²) >= 11 is 0. The van der Waals surface area contributed by atoms with Crippen molar-refractivity contribution >= 4 is 41.5 Å². The van der Waals surface area contributed by atoms with E-state index in [1.165, 1.54) is 0 Å². The number of anilines is 2. The molecular formula is C20H23ClN4O4. The van der Waals surface area contributed by atoms with Gasteiger partial charge >= 0.3 is 12.1 Å². The van der Waals surface area contributed by atoms with Crippen LogP contribution in [0.4, 0.5) is 16.2 Å². The Morgan fingerprint density at radius 3 is 2.59 bits per heavy atom. The largest absolute Gasteiger partial charge is 0.479 e. The van der Waals surface area contributed by atoms with E-state index in [0.717, 1.165) is 33.8 Å². The predicted molar refractivity (Wildman–Crippen MR) is 113 cm³/mol. The van der Waals surface area contributed by atoms with Crippen molar-refractivity contribution in [2.75, 3.05) is 17.2 Å². The third-order valence-electron chi connectivity index (χ3n) is 4.56. The molecule has 154 valence electrons. The number of carboxylic acids is 1. The average molecular weight is 419 g/mol. The van der Waals surface area contributed by atoms with Gasteiger partial charge in [-0.15, -0.1) is 12.4 Å². The van der Waals surface area contributed by atoms with Crippen molar-refractivity contribution in [3.8, 4) is 0 Å². The highest BCUT2D eigenvalue weighted by Crippen LogP contribution is 2.24. The van der Waals surface area contributed by atoms with Crippen LogP contribution in [0.25, 0.3) is 5.65 Å². The summed E-state index contributed by atoms with van der Waals surface area (Å²) in [5, 5.41) is 14.6. The quantitative estimate of drug-likeness (QED) is 0.560. The van der Waals surface area contributed by atoms with Crippen LogP contribution < -0.4 is 10.6 Å². The second-order valence-electron chi connectivity index (χ2n) is 6.45. The van der Waals surface area contributed by atoms with Crippen LogP contribution in [-0.2, 0) is 16.1 Å². The third kappa shape index (κ3) is 4.97. The lowest BCUT2D eigenvalue weighted by Crippen LogP contribution is -2.19. The molecule has 0 aliphatic carbocycles. The first kappa shape index (κ1) is 22.0. The second-order valence-corrected chi connectivity index (χ2v) is 6.45. The van der Waals surface area contributed by atoms with Crippen molar-refractivity contribution in [2.45, 2.75) is 27.3 Å². The molecule has 0 bridgehead atoms. The van der Waals surface area contributed by atoms with Crippen LogP contribution >= 0.6 is 12.4 Å². The number of carbonyl (C=O) groups excluding carboxylic acids is 1. The smallest absolute Gasteiger partial charge is 0.412 e. The number of aliphatic carboxylic acids is 1. The lowest BCUT2D eigenvalue weighted by atomic mass is 10.1. The van der Waals surface area contributed by atoms with Crippen LogP contribution in [-0.4, -0.2) is 33.2 Å². The van der Waals surface area contributed by atoms with E-state index in [0.29, 0.717) is 12.2 Å². The molecule has 1 aromatic carbocycles. The molecule has 0 atom stereocenters. The molecule has 2 aromatic heterocycles. The normalized spacial score (nSPS) is 10.3. The molecule has 0 radical (unpaired) electrons. The van der Waals surface area contributed by atoms with Crippen molar-refractivity contribution in [1.29, 1.82) is 0 Å². The fraction of sp³-hybridized carbons (Fsp3) is 0.250. The number of halogens is 1. The van der Waals surface area contributed by atoms with Crippen molar-refractivity contribution in [2.24, 2.45) is 0 Å². The van der Waals surface area contributed by atoms with Crippen molar-refractivity contribution < 1.29 is 19.4 Å². The predicted octanol–water partition coefficient (Wildman–Crippen LogP) is 3.93. The van der Waals surface area contributed by atoms with Gasteiger partial charge in [0.25, 0.3) is 0 Å². The number of pyridine rings is 1. The summed E-state index contributed by atoms with van der Waals surface area (Å²) in [6, 6.07) is 9.40. The van der Waals surface area contributed by atoms with Gasteiger partial charge in [0.15, 0.2) is 12.3 Å². The summed E-state index contributed by atoms with van der Waals surface area (Å²) in [5.41, 5.74) is 6.17. The van der Waals surface area contributed by atoms with Gasteiger partial charge in [-0.25, -0.2) is 14.6 Å². The number of carbonyl (C=O) groups is 2. The Hall–Kier alpha value is -3.26. The number of amides is 1. The molecule has 1 amide bonds. The van der Waals surface area contributed by atoms with Gasteiger partial charge in [-0.1, -0.05) is 12.1 Å². The lowest BCUT2D eigenvalue weighted by Gasteiger charge is -2.15. The Balaban J connectivity index is 0.00000300. The summed E-state index contributed by atoms with van der Waals surface area (Å²) in [6.07, 6.45) is 1.16. The first-order chi connectivity index (χ1) is 13.4. The zero-order valence-corrected chi connectivity index (χ0v) is 17.2. The second kappa shape index (κ2) is 9.29. The number of benzene rings is 1. The molecule has 2 heterocycles. The minimum atomic E-state index is -1.21. The average Bonchev–Trinajstić information content (AvgIpc) is 2.95. The Kier molecular flexibility index (Phi) is 7.06. The van der Waals surface area contributed by atoms with Crippen LogP contribution in [0.1, 0.15) is 22.5 Å². The molecule has 8 nitrogen and oxygen atoms in total. The maximum Gasteiger partial charge on any atom is 0.412 e. The minimum absolute atomic E-state index is 0. The number of rotatable bonds is 6. The fourth-order valence-electron chi connectivity index (χ4n) is 2.95. The van der Waals surface area contributed by atoms with Crippen molar-refractivity contribution in [3.05, 3.63) is 59.0 Å². The first-order valence-corrected chi connectivity index (χ1v) is 8.79. The van der Waals surface area contributed by atoms with Gasteiger partial charge < -0.3 is 19.6 Å². The van der Waals surface area contributed by atoms with Crippen LogP contribution in [0, 0.1) is 20.8 Å². The Morgan fingerprint density at radius 2 is 1.86 bits per heavy atom. The Morgan fingerprint density at radius 1 is 1.14 bits per heavy atom. The first-order valence-electron chi connectivity index (χ1n) is 8.79. The molecule has 0 aliphatic rings. The number of imidazole rings is 1. The highest BCUT2D eigenvalue weighted by atomic mass is 35.5. The van der Waals surface area contributed by atoms with E-state index in [9.17, 15) is 9.59 Å². The monoisotopic (exact) mass is 418 g/mol. The van der Waals surface area contributed by atoms with Crippen LogP contribution in [0.2, 0.25) is 0 Å². The van der Waals surface area contributed by atoms with E-state index < -0.39 is 18.7 Å². The summed E-state index contributed by atoms with van der Waals surface area (Å²) in [4.78, 5) is 27.0. The maximum atomic E-state index is 11.8. The van der Waals surface area contributed by atoms with E-state index in [4.69, 9.17) is 5.11 Å². The van der Waals surface area contributed by atoms with E-state index in [-0.39, 0.29) is 12.4 Å². The Labute approximate surface area is 174 Å². The molecule has 3 rings (SSSR count). The number of aromatic nitrogens is 2. The highest BCUT2D eigenvalue weighted by Gasteiger charge is 2.13. The van der Waals surface area contributed by atoms with Gasteiger partial charge in [0.2, 0.25) is 0 Å². The van der Waals surface area contributed by atoms with Gasteiger partial charge in [-0.3, -0.25) is 5.32 Å². The van der Waals surface area contributed by atoms with Crippen LogP contribution in [0.5, 0.6) is 0 Å². The van der Waals surface area contributed by atoms with Gasteiger partial charge in [0.05, 0.1) is 11.4 Å². The van der Waals surface area contributed by atoms with Crippen LogP contribution in [0.15, 0.2) is 36.5 Å². The summed E-state index contributed by atoms with van der Waals surface area (Å²) < 4.78 is 6.68. The minimum Gasteiger partial charge on any atom is -0.479 e. The topological polar surface area (TPSA) is 105 Å². The molecule has 9 heteroatoms. The summed E-state index contributed by atoms with van der Waals surface area (Å²) in [7, 11) is 0. The van der Waals surface area contributed by atoms with E-state index in [1.54, 1.807) is 6.07 Å². The SMILES string of the molecule is Cc1cccc(NC(=O)OCC(=O)O)c1CNc1cccn2c(C)c(C)nc12.Cl. The van der Waals surface area contributed by atoms with Crippen LogP contribution in [0.3, 0.4) is 0 Å². The van der Waals surface area contributed by atoms with Crippen molar-refractivity contribution in [1.82, 2.24) is 9.38 Å². The highest BCUT2D eigenvalue weighted by molar-refractivity contribution is 5.87. The van der Waals surface area contributed by atoms with Gasteiger partial charge in [0, 0.05) is 24.1 Å². The molecule has 0 unspecified atom stereocenters. The molecule has 0 aliphatic heterocycles. The standard InChI is InChI=1S/C20H22N4O4.ClH/c1-12-6-4-7-16(23-20(27)28-11-18(25)26)15(12)10-21-17-8-5-9-24-14(3)13(2)22-19(17)24;/h4-9,21H,10-11H2,1-3H3,(H,23,27)(H,25,26);1H. The van der Waals surface area contributed by atoms with Crippen molar-refractivity contribution in [3.63, 3.8) is 0 Å². The number of aryl methyl sites for hydroxylation is 3. The number of hydrogen-bond donors (Lipinski definition) is 3. The molecule has 0 saturated heterocycles. The molecule has 3 aromatic rings. The number of hydrogen-bond acceptors (Lipinski definition) is 5. The number of ether oxygens (including phenoxy) is 1. The van der Waals surface area contributed by atoms with Gasteiger partial charge in [0.1, 0.15) is 0 Å². The third-order valence-corrected chi connectivity index (χ3v) is 4.56. The molecule has 0 fully saturated rings. The number of fused-ring (bicyclic) bond motifs is 1. The molecular weight excluding hydrogens is 396 g/mol. The fourth-order valence-corrected chi connectivity index (χ4v) is 2.95. The lowest BCUT2D eigenvalue weighted by molar-refractivity contribution is -0.140. The van der Waals surface area contributed by atoms with E-state index in [2.05, 4.69) is 20.4 Å². The number of nitrogens with one attached hydrogen (secondary N) is 2. The zero-order valence-electron chi connectivity index (χ0n) is 16.4. The van der Waals surface area contributed by atoms with Gasteiger partial charge in [-0.2, -0.15) is 0 Å². The summed E-state index contributed by atoms with van der Waals surface area (Å²) in [6.45, 7) is 5.69.